The van der Waals surface area contributed by atoms with Crippen LogP contribution < -0.4 is 11.1 Å². The number of nitrogens with zero attached hydrogens (tertiary/aromatic N) is 1. The Morgan fingerprint density at radius 1 is 1.56 bits per heavy atom. The maximum Gasteiger partial charge on any atom is 0.311 e. The molecular formula is C10H19N3O3. The standard InChI is InChI=1S/C10H19N3O3/c1-13(7-8-3-2-6-16-8)10(15)9(14)12-5-4-11/h8H,2-7,11H2,1H3,(H,12,14). The van der Waals surface area contributed by atoms with Gasteiger partial charge in [0, 0.05) is 33.3 Å². The number of amides is 2. The summed E-state index contributed by atoms with van der Waals surface area (Å²) < 4.78 is 5.39. The van der Waals surface area contributed by atoms with Crippen molar-refractivity contribution < 1.29 is 14.3 Å². The van der Waals surface area contributed by atoms with Gasteiger partial charge in [-0.25, -0.2) is 0 Å². The van der Waals surface area contributed by atoms with Crippen molar-refractivity contribution >= 4 is 11.8 Å². The normalized spacial score (nSPS) is 19.5. The number of likely N-dealkylation sites (N-methyl/N-ethyl adjacent to an activating group) is 1. The molecule has 0 spiro atoms. The molecule has 1 saturated heterocycles. The largest absolute Gasteiger partial charge is 0.376 e. The quantitative estimate of drug-likeness (QED) is 0.587. The van der Waals surface area contributed by atoms with Crippen molar-refractivity contribution in [3.63, 3.8) is 0 Å². The minimum atomic E-state index is -0.606. The Morgan fingerprint density at radius 3 is 2.88 bits per heavy atom. The van der Waals surface area contributed by atoms with E-state index in [1.54, 1.807) is 7.05 Å². The monoisotopic (exact) mass is 229 g/mol. The average Bonchev–Trinajstić information content (AvgIpc) is 2.77. The van der Waals surface area contributed by atoms with Crippen molar-refractivity contribution in [2.75, 3.05) is 33.3 Å². The first-order valence-corrected chi connectivity index (χ1v) is 5.50. The van der Waals surface area contributed by atoms with Crippen LogP contribution >= 0.6 is 0 Å². The van der Waals surface area contributed by atoms with Crippen molar-refractivity contribution in [3.05, 3.63) is 0 Å². The van der Waals surface area contributed by atoms with Crippen molar-refractivity contribution in [3.8, 4) is 0 Å². The van der Waals surface area contributed by atoms with E-state index in [-0.39, 0.29) is 6.10 Å². The van der Waals surface area contributed by atoms with Gasteiger partial charge in [0.05, 0.1) is 6.10 Å². The number of nitrogens with two attached hydrogens (primary N) is 1. The Balaban J connectivity index is 2.31. The fraction of sp³-hybridized carbons (Fsp3) is 0.800. The van der Waals surface area contributed by atoms with Crippen LogP contribution in [0.5, 0.6) is 0 Å². The molecule has 0 saturated carbocycles. The molecule has 2 amide bonds. The molecule has 0 aromatic rings. The lowest BCUT2D eigenvalue weighted by Crippen LogP contribution is -2.44. The molecule has 0 bridgehead atoms. The summed E-state index contributed by atoms with van der Waals surface area (Å²) in [5.74, 6) is -1.14. The van der Waals surface area contributed by atoms with Crippen molar-refractivity contribution in [1.29, 1.82) is 0 Å². The van der Waals surface area contributed by atoms with Crippen LogP contribution in [0.2, 0.25) is 0 Å². The summed E-state index contributed by atoms with van der Waals surface area (Å²) in [4.78, 5) is 24.3. The van der Waals surface area contributed by atoms with Gasteiger partial charge in [0.1, 0.15) is 0 Å². The fourth-order valence-electron chi connectivity index (χ4n) is 1.61. The van der Waals surface area contributed by atoms with Crippen LogP contribution in [-0.2, 0) is 14.3 Å². The van der Waals surface area contributed by atoms with E-state index >= 15 is 0 Å². The first-order valence-electron chi connectivity index (χ1n) is 5.50. The Bertz CT molecular complexity index is 252. The van der Waals surface area contributed by atoms with Crippen LogP contribution in [0.3, 0.4) is 0 Å². The highest BCUT2D eigenvalue weighted by molar-refractivity contribution is 6.34. The predicted molar refractivity (Wildman–Crippen MR) is 58.7 cm³/mol. The average molecular weight is 229 g/mol. The second kappa shape index (κ2) is 6.44. The van der Waals surface area contributed by atoms with Gasteiger partial charge >= 0.3 is 11.8 Å². The summed E-state index contributed by atoms with van der Waals surface area (Å²) in [6, 6.07) is 0. The van der Waals surface area contributed by atoms with Crippen LogP contribution in [0, 0.1) is 0 Å². The van der Waals surface area contributed by atoms with Gasteiger partial charge in [-0.15, -0.1) is 0 Å². The molecule has 0 radical (unpaired) electrons. The smallest absolute Gasteiger partial charge is 0.311 e. The highest BCUT2D eigenvalue weighted by Gasteiger charge is 2.23. The minimum absolute atomic E-state index is 0.0660. The van der Waals surface area contributed by atoms with Crippen molar-refractivity contribution in [2.24, 2.45) is 5.73 Å². The summed E-state index contributed by atoms with van der Waals surface area (Å²) in [5.41, 5.74) is 5.23. The molecule has 1 heterocycles. The summed E-state index contributed by atoms with van der Waals surface area (Å²) >= 11 is 0. The molecule has 3 N–H and O–H groups in total. The molecule has 1 aliphatic heterocycles. The van der Waals surface area contributed by atoms with Crippen LogP contribution in [0.25, 0.3) is 0 Å². The van der Waals surface area contributed by atoms with E-state index in [0.717, 1.165) is 19.4 Å². The van der Waals surface area contributed by atoms with Gasteiger partial charge in [-0.05, 0) is 12.8 Å². The van der Waals surface area contributed by atoms with Gasteiger partial charge in [-0.2, -0.15) is 0 Å². The molecule has 1 atom stereocenters. The van der Waals surface area contributed by atoms with E-state index in [4.69, 9.17) is 10.5 Å². The van der Waals surface area contributed by atoms with E-state index < -0.39 is 11.8 Å². The number of hydrogen-bond acceptors (Lipinski definition) is 4. The molecule has 16 heavy (non-hydrogen) atoms. The lowest BCUT2D eigenvalue weighted by atomic mass is 10.2. The minimum Gasteiger partial charge on any atom is -0.376 e. The van der Waals surface area contributed by atoms with E-state index in [1.165, 1.54) is 4.90 Å². The number of ether oxygens (including phenoxy) is 1. The molecule has 1 unspecified atom stereocenters. The van der Waals surface area contributed by atoms with Gasteiger partial charge in [0.25, 0.3) is 0 Å². The molecule has 1 fully saturated rings. The second-order valence-electron chi connectivity index (χ2n) is 3.87. The van der Waals surface area contributed by atoms with E-state index in [1.807, 2.05) is 0 Å². The third-order valence-electron chi connectivity index (χ3n) is 2.47. The highest BCUT2D eigenvalue weighted by atomic mass is 16.5. The third-order valence-corrected chi connectivity index (χ3v) is 2.47. The second-order valence-corrected chi connectivity index (χ2v) is 3.87. The lowest BCUT2D eigenvalue weighted by molar-refractivity contribution is -0.145. The molecule has 92 valence electrons. The lowest BCUT2D eigenvalue weighted by Gasteiger charge is -2.20. The Kier molecular flexibility index (Phi) is 5.21. The Hall–Kier alpha value is -1.14. The Labute approximate surface area is 95.1 Å². The first-order chi connectivity index (χ1) is 7.65. The van der Waals surface area contributed by atoms with E-state index in [2.05, 4.69) is 5.32 Å². The molecule has 1 rings (SSSR count). The maximum absolute atomic E-state index is 11.6. The van der Waals surface area contributed by atoms with Crippen LogP contribution in [0.1, 0.15) is 12.8 Å². The van der Waals surface area contributed by atoms with Gasteiger partial charge in [-0.1, -0.05) is 0 Å². The molecule has 0 aromatic carbocycles. The van der Waals surface area contributed by atoms with E-state index in [9.17, 15) is 9.59 Å². The van der Waals surface area contributed by atoms with Crippen molar-refractivity contribution in [1.82, 2.24) is 10.2 Å². The predicted octanol–water partition coefficient (Wildman–Crippen LogP) is -1.30. The number of rotatable bonds is 4. The summed E-state index contributed by atoms with van der Waals surface area (Å²) in [7, 11) is 1.60. The van der Waals surface area contributed by atoms with Gasteiger partial charge in [0.2, 0.25) is 0 Å². The van der Waals surface area contributed by atoms with Crippen molar-refractivity contribution in [2.45, 2.75) is 18.9 Å². The zero-order chi connectivity index (χ0) is 12.0. The van der Waals surface area contributed by atoms with Gasteiger partial charge < -0.3 is 20.7 Å². The van der Waals surface area contributed by atoms with Crippen LogP contribution in [-0.4, -0.2) is 56.1 Å². The zero-order valence-corrected chi connectivity index (χ0v) is 9.57. The molecular weight excluding hydrogens is 210 g/mol. The SMILES string of the molecule is CN(CC1CCCO1)C(=O)C(=O)NCCN. The molecule has 0 aromatic heterocycles. The van der Waals surface area contributed by atoms with Gasteiger partial charge in [0.15, 0.2) is 0 Å². The highest BCUT2D eigenvalue weighted by Crippen LogP contribution is 2.12. The number of hydrogen-bond donors (Lipinski definition) is 2. The third kappa shape index (κ3) is 3.79. The number of carbonyl (C=O) groups excluding carboxylic acids is 2. The topological polar surface area (TPSA) is 84.7 Å². The fourth-order valence-corrected chi connectivity index (χ4v) is 1.61. The number of nitrogens with one attached hydrogen (secondary N) is 1. The first kappa shape index (κ1) is 12.9. The van der Waals surface area contributed by atoms with E-state index in [0.29, 0.717) is 19.6 Å². The summed E-state index contributed by atoms with van der Waals surface area (Å²) in [6.45, 7) is 1.85. The zero-order valence-electron chi connectivity index (χ0n) is 9.57. The van der Waals surface area contributed by atoms with Crippen LogP contribution in [0.15, 0.2) is 0 Å². The molecule has 6 heteroatoms. The van der Waals surface area contributed by atoms with Crippen LogP contribution in [0.4, 0.5) is 0 Å². The number of carbonyl (C=O) groups is 2. The summed E-state index contributed by atoms with van der Waals surface area (Å²) in [6.07, 6.45) is 2.03. The Morgan fingerprint density at radius 2 is 2.31 bits per heavy atom. The van der Waals surface area contributed by atoms with Gasteiger partial charge in [-0.3, -0.25) is 9.59 Å². The summed E-state index contributed by atoms with van der Waals surface area (Å²) in [5, 5.41) is 2.44. The molecule has 0 aliphatic carbocycles. The maximum atomic E-state index is 11.6. The molecule has 6 nitrogen and oxygen atoms in total. The molecule has 1 aliphatic rings.